The van der Waals surface area contributed by atoms with Gasteiger partial charge >= 0.3 is 5.97 Å². The maximum Gasteiger partial charge on any atom is 0.349 e. The van der Waals surface area contributed by atoms with E-state index in [0.717, 1.165) is 29.9 Å². The van der Waals surface area contributed by atoms with Crippen molar-refractivity contribution in [3.05, 3.63) is 46.8 Å². The van der Waals surface area contributed by atoms with Gasteiger partial charge in [-0.15, -0.1) is 0 Å². The minimum Gasteiger partial charge on any atom is -0.486 e. The van der Waals surface area contributed by atoms with E-state index in [1.54, 1.807) is 18.2 Å². The first-order valence-corrected chi connectivity index (χ1v) is 11.4. The zero-order valence-corrected chi connectivity index (χ0v) is 20.3. The first-order chi connectivity index (χ1) is 16.2. The third-order valence-electron chi connectivity index (χ3n) is 5.65. The molecular formula is C26H31N3O5. The highest BCUT2D eigenvalue weighted by Gasteiger charge is 2.22. The van der Waals surface area contributed by atoms with Gasteiger partial charge in [-0.1, -0.05) is 13.8 Å². The summed E-state index contributed by atoms with van der Waals surface area (Å²) in [7, 11) is 0. The number of nitrogens with zero attached hydrogens (tertiary/aromatic N) is 2. The standard InChI is InChI=1S/C26H31N3O5/c1-16(2)8-9-29-17(3)12-20(18(29)4)13-21(15-27)26(31)34-19(5)25(30)28-22-6-7-23-24(14-22)33-11-10-32-23/h6-7,12-14,16,19H,8-11H2,1-5H3,(H,28,30). The molecule has 0 aliphatic carbocycles. The second-order valence-corrected chi connectivity index (χ2v) is 8.73. The van der Waals surface area contributed by atoms with E-state index in [1.165, 1.54) is 13.0 Å². The third-order valence-corrected chi connectivity index (χ3v) is 5.65. The van der Waals surface area contributed by atoms with Crippen LogP contribution in [0.1, 0.15) is 44.1 Å². The molecule has 0 radical (unpaired) electrons. The van der Waals surface area contributed by atoms with Gasteiger partial charge in [0.1, 0.15) is 24.9 Å². The summed E-state index contributed by atoms with van der Waals surface area (Å²) in [6, 6.07) is 8.87. The summed E-state index contributed by atoms with van der Waals surface area (Å²) in [5.74, 6) is 0.346. The van der Waals surface area contributed by atoms with Crippen LogP contribution in [0.2, 0.25) is 0 Å². The molecule has 1 aromatic carbocycles. The molecule has 1 aliphatic heterocycles. The van der Waals surface area contributed by atoms with Crippen LogP contribution in [0, 0.1) is 31.1 Å². The summed E-state index contributed by atoms with van der Waals surface area (Å²) in [5.41, 5.74) is 3.14. The molecule has 180 valence electrons. The number of carbonyl (C=O) groups is 2. The van der Waals surface area contributed by atoms with Crippen LogP contribution in [0.4, 0.5) is 5.69 Å². The molecule has 1 aromatic heterocycles. The molecule has 0 bridgehead atoms. The van der Waals surface area contributed by atoms with Crippen molar-refractivity contribution < 1.29 is 23.8 Å². The molecule has 1 atom stereocenters. The predicted octanol–water partition coefficient (Wildman–Crippen LogP) is 4.40. The average Bonchev–Trinajstić information content (AvgIpc) is 3.07. The fourth-order valence-corrected chi connectivity index (χ4v) is 3.64. The minimum absolute atomic E-state index is 0.164. The number of aryl methyl sites for hydroxylation is 1. The number of nitrogens with one attached hydrogen (secondary N) is 1. The Bertz CT molecular complexity index is 1140. The molecule has 1 N–H and O–H groups in total. The van der Waals surface area contributed by atoms with E-state index >= 15 is 0 Å². The minimum atomic E-state index is -1.10. The molecule has 0 saturated carbocycles. The number of hydrogen-bond donors (Lipinski definition) is 1. The Morgan fingerprint density at radius 1 is 1.18 bits per heavy atom. The lowest BCUT2D eigenvalue weighted by Gasteiger charge is -2.19. The SMILES string of the molecule is Cc1cc(C=C(C#N)C(=O)OC(C)C(=O)Nc2ccc3c(c2)OCCO3)c(C)n1CCC(C)C. The molecule has 2 heterocycles. The van der Waals surface area contributed by atoms with E-state index < -0.39 is 18.0 Å². The molecule has 3 rings (SSSR count). The van der Waals surface area contributed by atoms with Crippen molar-refractivity contribution in [2.24, 2.45) is 5.92 Å². The highest BCUT2D eigenvalue weighted by atomic mass is 16.6. The highest BCUT2D eigenvalue weighted by molar-refractivity contribution is 6.01. The molecule has 0 spiro atoms. The normalized spacial score (nSPS) is 13.9. The van der Waals surface area contributed by atoms with E-state index in [1.807, 2.05) is 26.0 Å². The van der Waals surface area contributed by atoms with Crippen LogP contribution < -0.4 is 14.8 Å². The molecule has 0 fully saturated rings. The molecular weight excluding hydrogens is 434 g/mol. The molecule has 0 saturated heterocycles. The van der Waals surface area contributed by atoms with Gasteiger partial charge in [-0.05, 0) is 62.9 Å². The van der Waals surface area contributed by atoms with Gasteiger partial charge in [0.15, 0.2) is 17.6 Å². The van der Waals surface area contributed by atoms with E-state index in [4.69, 9.17) is 14.2 Å². The average molecular weight is 466 g/mol. The quantitative estimate of drug-likeness (QED) is 0.352. The van der Waals surface area contributed by atoms with Gasteiger partial charge in [0.05, 0.1) is 0 Å². The molecule has 1 amide bonds. The van der Waals surface area contributed by atoms with Crippen molar-refractivity contribution in [2.45, 2.75) is 53.7 Å². The fourth-order valence-electron chi connectivity index (χ4n) is 3.64. The number of fused-ring (bicyclic) bond motifs is 1. The topological polar surface area (TPSA) is 103 Å². The van der Waals surface area contributed by atoms with Crippen molar-refractivity contribution in [2.75, 3.05) is 18.5 Å². The Morgan fingerprint density at radius 2 is 1.88 bits per heavy atom. The van der Waals surface area contributed by atoms with Crippen LogP contribution in [0.3, 0.4) is 0 Å². The van der Waals surface area contributed by atoms with E-state index in [9.17, 15) is 14.9 Å². The number of ether oxygens (including phenoxy) is 3. The summed E-state index contributed by atoms with van der Waals surface area (Å²) in [6.45, 7) is 11.5. The zero-order valence-electron chi connectivity index (χ0n) is 20.3. The molecule has 1 unspecified atom stereocenters. The predicted molar refractivity (Wildman–Crippen MR) is 129 cm³/mol. The summed E-state index contributed by atoms with van der Waals surface area (Å²) in [5, 5.41) is 12.2. The first-order valence-electron chi connectivity index (χ1n) is 11.4. The van der Waals surface area contributed by atoms with Crippen LogP contribution in [-0.4, -0.2) is 35.8 Å². The largest absolute Gasteiger partial charge is 0.486 e. The summed E-state index contributed by atoms with van der Waals surface area (Å²) >= 11 is 0. The van der Waals surface area contributed by atoms with E-state index in [0.29, 0.717) is 36.3 Å². The summed E-state index contributed by atoms with van der Waals surface area (Å²) in [6.07, 6.45) is 1.45. The lowest BCUT2D eigenvalue weighted by atomic mass is 10.1. The molecule has 8 heteroatoms. The number of carbonyl (C=O) groups excluding carboxylic acids is 2. The van der Waals surface area contributed by atoms with Crippen LogP contribution in [0.5, 0.6) is 11.5 Å². The molecule has 2 aromatic rings. The van der Waals surface area contributed by atoms with Crippen molar-refractivity contribution in [3.8, 4) is 17.6 Å². The van der Waals surface area contributed by atoms with Crippen LogP contribution in [0.15, 0.2) is 29.8 Å². The molecule has 1 aliphatic rings. The van der Waals surface area contributed by atoms with Crippen LogP contribution in [-0.2, 0) is 20.9 Å². The van der Waals surface area contributed by atoms with Gasteiger partial charge in [-0.3, -0.25) is 4.79 Å². The Balaban J connectivity index is 1.66. The monoisotopic (exact) mass is 465 g/mol. The van der Waals surface area contributed by atoms with Gasteiger partial charge < -0.3 is 24.1 Å². The Kier molecular flexibility index (Phi) is 8.00. The number of rotatable bonds is 8. The van der Waals surface area contributed by atoms with E-state index in [-0.39, 0.29) is 5.57 Å². The van der Waals surface area contributed by atoms with Gasteiger partial charge in [0, 0.05) is 29.7 Å². The Morgan fingerprint density at radius 3 is 2.56 bits per heavy atom. The number of nitriles is 1. The van der Waals surface area contributed by atoms with Gasteiger partial charge in [0.2, 0.25) is 0 Å². The lowest BCUT2D eigenvalue weighted by molar-refractivity contribution is -0.148. The number of esters is 1. The van der Waals surface area contributed by atoms with Crippen molar-refractivity contribution in [1.29, 1.82) is 5.26 Å². The summed E-state index contributed by atoms with van der Waals surface area (Å²) in [4.78, 5) is 25.2. The van der Waals surface area contributed by atoms with Crippen molar-refractivity contribution >= 4 is 23.6 Å². The number of aromatic nitrogens is 1. The smallest absolute Gasteiger partial charge is 0.349 e. The van der Waals surface area contributed by atoms with Crippen LogP contribution in [0.25, 0.3) is 6.08 Å². The maximum absolute atomic E-state index is 12.6. The van der Waals surface area contributed by atoms with E-state index in [2.05, 4.69) is 23.7 Å². The van der Waals surface area contributed by atoms with Crippen molar-refractivity contribution in [1.82, 2.24) is 4.57 Å². The number of amides is 1. The second kappa shape index (κ2) is 10.9. The lowest BCUT2D eigenvalue weighted by Crippen LogP contribution is -2.30. The maximum atomic E-state index is 12.6. The Hall–Kier alpha value is -3.73. The van der Waals surface area contributed by atoms with Crippen molar-refractivity contribution in [3.63, 3.8) is 0 Å². The number of hydrogen-bond acceptors (Lipinski definition) is 6. The third kappa shape index (κ3) is 5.98. The Labute approximate surface area is 200 Å². The zero-order chi connectivity index (χ0) is 24.8. The second-order valence-electron chi connectivity index (χ2n) is 8.73. The highest BCUT2D eigenvalue weighted by Crippen LogP contribution is 2.32. The van der Waals surface area contributed by atoms with Gasteiger partial charge in [-0.2, -0.15) is 5.26 Å². The fraction of sp³-hybridized carbons (Fsp3) is 0.423. The molecule has 8 nitrogen and oxygen atoms in total. The van der Waals surface area contributed by atoms with Crippen LogP contribution >= 0.6 is 0 Å². The number of anilines is 1. The summed E-state index contributed by atoms with van der Waals surface area (Å²) < 4.78 is 18.4. The first kappa shape index (κ1) is 24.9. The van der Waals surface area contributed by atoms with Gasteiger partial charge in [0.25, 0.3) is 5.91 Å². The van der Waals surface area contributed by atoms with Gasteiger partial charge in [-0.25, -0.2) is 4.79 Å². The molecule has 34 heavy (non-hydrogen) atoms. The number of benzene rings is 1.